The van der Waals surface area contributed by atoms with Gasteiger partial charge < -0.3 is 10.4 Å². The molecule has 1 amide bonds. The number of hydrogen-bond acceptors (Lipinski definition) is 2. The Morgan fingerprint density at radius 3 is 2.50 bits per heavy atom. The molecule has 0 radical (unpaired) electrons. The van der Waals surface area contributed by atoms with Crippen molar-refractivity contribution < 1.29 is 14.7 Å². The fourth-order valence-corrected chi connectivity index (χ4v) is 0.504. The van der Waals surface area contributed by atoms with Crippen LogP contribution in [0.3, 0.4) is 0 Å². The minimum Gasteiger partial charge on any atom is -0.480 e. The van der Waals surface area contributed by atoms with Gasteiger partial charge in [-0.05, 0) is 6.92 Å². The topological polar surface area (TPSA) is 66.4 Å². The van der Waals surface area contributed by atoms with Crippen LogP contribution in [0.1, 0.15) is 6.92 Å². The van der Waals surface area contributed by atoms with Gasteiger partial charge in [0.25, 0.3) is 0 Å². The molecule has 4 nitrogen and oxygen atoms in total. The number of carbonyl (C=O) groups is 2. The van der Waals surface area contributed by atoms with Gasteiger partial charge in [-0.3, -0.25) is 9.59 Å². The maximum Gasteiger partial charge on any atom is 0.325 e. The summed E-state index contributed by atoms with van der Waals surface area (Å²) in [6.07, 6.45) is 0. The standard InChI is InChI=1S/C5H8BrNO3/c1-3(5(9)10)7-4(8)2-6/h3H,2H2,1H3,(H,7,8)(H,9,10). The second-order valence-corrected chi connectivity index (χ2v) is 2.32. The van der Waals surface area contributed by atoms with Crippen LogP contribution in [0.5, 0.6) is 0 Å². The van der Waals surface area contributed by atoms with E-state index in [0.717, 1.165) is 0 Å². The van der Waals surface area contributed by atoms with Crippen molar-refractivity contribution in [3.05, 3.63) is 0 Å². The number of amides is 1. The van der Waals surface area contributed by atoms with Gasteiger partial charge >= 0.3 is 5.97 Å². The fraction of sp³-hybridized carbons (Fsp3) is 0.600. The summed E-state index contributed by atoms with van der Waals surface area (Å²) >= 11 is 2.89. The molecule has 0 fully saturated rings. The first-order chi connectivity index (χ1) is 4.57. The Kier molecular flexibility index (Phi) is 4.02. The first kappa shape index (κ1) is 9.42. The van der Waals surface area contributed by atoms with Crippen molar-refractivity contribution in [2.45, 2.75) is 13.0 Å². The molecule has 0 aromatic carbocycles. The largest absolute Gasteiger partial charge is 0.480 e. The molecule has 5 heteroatoms. The number of halogens is 1. The van der Waals surface area contributed by atoms with Crippen molar-refractivity contribution >= 4 is 27.8 Å². The monoisotopic (exact) mass is 209 g/mol. The molecule has 0 aliphatic rings. The Labute approximate surface area is 66.7 Å². The molecule has 0 aromatic rings. The molecular weight excluding hydrogens is 202 g/mol. The van der Waals surface area contributed by atoms with E-state index in [1.54, 1.807) is 0 Å². The summed E-state index contributed by atoms with van der Waals surface area (Å²) in [5, 5.41) is 10.7. The Morgan fingerprint density at radius 2 is 2.20 bits per heavy atom. The quantitative estimate of drug-likeness (QED) is 0.642. The normalized spacial score (nSPS) is 12.2. The highest BCUT2D eigenvalue weighted by atomic mass is 79.9. The maximum absolute atomic E-state index is 10.5. The second-order valence-electron chi connectivity index (χ2n) is 1.76. The summed E-state index contributed by atoms with van der Waals surface area (Å²) < 4.78 is 0. The lowest BCUT2D eigenvalue weighted by atomic mass is 10.3. The summed E-state index contributed by atoms with van der Waals surface area (Å²) in [5.41, 5.74) is 0. The molecule has 0 saturated carbocycles. The van der Waals surface area contributed by atoms with E-state index in [1.807, 2.05) is 0 Å². The van der Waals surface area contributed by atoms with Crippen molar-refractivity contribution in [3.8, 4) is 0 Å². The van der Waals surface area contributed by atoms with E-state index in [-0.39, 0.29) is 11.2 Å². The molecule has 2 N–H and O–H groups in total. The summed E-state index contributed by atoms with van der Waals surface area (Å²) in [6.45, 7) is 1.41. The van der Waals surface area contributed by atoms with Gasteiger partial charge in [0.2, 0.25) is 5.91 Å². The van der Waals surface area contributed by atoms with Crippen LogP contribution in [0.25, 0.3) is 0 Å². The first-order valence-corrected chi connectivity index (χ1v) is 3.78. The van der Waals surface area contributed by atoms with E-state index in [1.165, 1.54) is 6.92 Å². The van der Waals surface area contributed by atoms with Crippen LogP contribution in [-0.2, 0) is 9.59 Å². The zero-order valence-electron chi connectivity index (χ0n) is 5.43. The zero-order chi connectivity index (χ0) is 8.15. The molecule has 0 saturated heterocycles. The predicted molar refractivity (Wildman–Crippen MR) is 39.0 cm³/mol. The average Bonchev–Trinajstić information content (AvgIpc) is 1.87. The van der Waals surface area contributed by atoms with E-state index >= 15 is 0 Å². The van der Waals surface area contributed by atoms with Gasteiger partial charge in [-0.25, -0.2) is 0 Å². The van der Waals surface area contributed by atoms with Crippen LogP contribution in [0.4, 0.5) is 0 Å². The number of rotatable bonds is 3. The summed E-state index contributed by atoms with van der Waals surface area (Å²) in [7, 11) is 0. The summed E-state index contributed by atoms with van der Waals surface area (Å²) in [6, 6.07) is -0.815. The molecule has 0 rings (SSSR count). The third-order valence-electron chi connectivity index (χ3n) is 0.869. The van der Waals surface area contributed by atoms with E-state index in [9.17, 15) is 9.59 Å². The minimum absolute atomic E-state index is 0.130. The average molecular weight is 210 g/mol. The van der Waals surface area contributed by atoms with Gasteiger partial charge in [-0.2, -0.15) is 0 Å². The molecule has 1 atom stereocenters. The molecule has 0 bridgehead atoms. The summed E-state index contributed by atoms with van der Waals surface area (Å²) in [5.74, 6) is -1.36. The summed E-state index contributed by atoms with van der Waals surface area (Å²) in [4.78, 5) is 20.6. The Morgan fingerprint density at radius 1 is 1.70 bits per heavy atom. The third kappa shape index (κ3) is 3.45. The molecule has 58 valence electrons. The van der Waals surface area contributed by atoms with E-state index in [4.69, 9.17) is 5.11 Å². The van der Waals surface area contributed by atoms with Gasteiger partial charge in [0.1, 0.15) is 6.04 Å². The molecule has 1 unspecified atom stereocenters. The number of nitrogens with one attached hydrogen (secondary N) is 1. The molecule has 0 heterocycles. The van der Waals surface area contributed by atoms with Gasteiger partial charge in [-0.1, -0.05) is 15.9 Å². The Bertz CT molecular complexity index is 148. The van der Waals surface area contributed by atoms with Gasteiger partial charge in [0, 0.05) is 0 Å². The van der Waals surface area contributed by atoms with Crippen LogP contribution in [-0.4, -0.2) is 28.4 Å². The van der Waals surface area contributed by atoms with Gasteiger partial charge in [0.05, 0.1) is 5.33 Å². The smallest absolute Gasteiger partial charge is 0.325 e. The lowest BCUT2D eigenvalue weighted by Crippen LogP contribution is -2.38. The molecule has 0 aliphatic heterocycles. The first-order valence-electron chi connectivity index (χ1n) is 2.66. The highest BCUT2D eigenvalue weighted by Crippen LogP contribution is 1.84. The number of carboxylic acid groups (broad SMARTS) is 1. The Balaban J connectivity index is 3.68. The SMILES string of the molecule is CC(NC(=O)CBr)C(=O)O. The fourth-order valence-electron chi connectivity index (χ4n) is 0.342. The lowest BCUT2D eigenvalue weighted by Gasteiger charge is -2.05. The molecule has 10 heavy (non-hydrogen) atoms. The van der Waals surface area contributed by atoms with Crippen molar-refractivity contribution in [2.24, 2.45) is 0 Å². The lowest BCUT2D eigenvalue weighted by molar-refractivity contribution is -0.140. The zero-order valence-corrected chi connectivity index (χ0v) is 7.01. The molecule has 0 aliphatic carbocycles. The van der Waals surface area contributed by atoms with Gasteiger partial charge in [-0.15, -0.1) is 0 Å². The number of carboxylic acids is 1. The van der Waals surface area contributed by atoms with Crippen molar-refractivity contribution in [1.82, 2.24) is 5.32 Å². The van der Waals surface area contributed by atoms with Crippen molar-refractivity contribution in [2.75, 3.05) is 5.33 Å². The van der Waals surface area contributed by atoms with Gasteiger partial charge in [0.15, 0.2) is 0 Å². The van der Waals surface area contributed by atoms with Crippen molar-refractivity contribution in [1.29, 1.82) is 0 Å². The van der Waals surface area contributed by atoms with Crippen molar-refractivity contribution in [3.63, 3.8) is 0 Å². The third-order valence-corrected chi connectivity index (χ3v) is 1.38. The van der Waals surface area contributed by atoms with Crippen LogP contribution in [0, 0.1) is 0 Å². The number of hydrogen-bond donors (Lipinski definition) is 2. The molecule has 0 aromatic heterocycles. The maximum atomic E-state index is 10.5. The Hall–Kier alpha value is -0.580. The van der Waals surface area contributed by atoms with Crippen LogP contribution in [0.2, 0.25) is 0 Å². The highest BCUT2D eigenvalue weighted by molar-refractivity contribution is 9.09. The van der Waals surface area contributed by atoms with E-state index in [2.05, 4.69) is 21.2 Å². The number of aliphatic carboxylic acids is 1. The van der Waals surface area contributed by atoms with Crippen LogP contribution in [0.15, 0.2) is 0 Å². The van der Waals surface area contributed by atoms with E-state index in [0.29, 0.717) is 0 Å². The number of carbonyl (C=O) groups excluding carboxylic acids is 1. The molecular formula is C5H8BrNO3. The van der Waals surface area contributed by atoms with E-state index < -0.39 is 12.0 Å². The number of alkyl halides is 1. The van der Waals surface area contributed by atoms with Crippen LogP contribution >= 0.6 is 15.9 Å². The second kappa shape index (κ2) is 4.27. The minimum atomic E-state index is -1.03. The highest BCUT2D eigenvalue weighted by Gasteiger charge is 2.11. The predicted octanol–water partition coefficient (Wildman–Crippen LogP) is -0.0294. The molecule has 0 spiro atoms. The van der Waals surface area contributed by atoms with Crippen LogP contribution < -0.4 is 5.32 Å².